The van der Waals surface area contributed by atoms with E-state index in [1.807, 2.05) is 12.1 Å². The zero-order valence-corrected chi connectivity index (χ0v) is 16.9. The highest BCUT2D eigenvalue weighted by Crippen LogP contribution is 2.31. The van der Waals surface area contributed by atoms with Crippen LogP contribution in [0.5, 0.6) is 0 Å². The van der Waals surface area contributed by atoms with E-state index in [0.717, 1.165) is 23.8 Å². The number of anilines is 2. The van der Waals surface area contributed by atoms with E-state index in [0.29, 0.717) is 22.5 Å². The summed E-state index contributed by atoms with van der Waals surface area (Å²) in [5.74, 6) is 0.131. The third-order valence-corrected chi connectivity index (χ3v) is 5.27. The number of nitrogens with zero attached hydrogens (tertiary/aromatic N) is 3. The van der Waals surface area contributed by atoms with Crippen molar-refractivity contribution in [2.45, 2.75) is 11.3 Å². The fourth-order valence-corrected chi connectivity index (χ4v) is 3.45. The van der Waals surface area contributed by atoms with Crippen LogP contribution in [0.15, 0.2) is 72.0 Å². The molecule has 0 fully saturated rings. The second-order valence-corrected chi connectivity index (χ2v) is 8.71. The largest absolute Gasteiger partial charge is 0.416 e. The molecule has 10 heteroatoms. The molecule has 6 nitrogen and oxygen atoms in total. The van der Waals surface area contributed by atoms with Gasteiger partial charge in [0.1, 0.15) is 5.82 Å². The molecule has 0 atom stereocenters. The SMILES string of the molecule is CS(=O)(=O)c1nc(Nc2ccc(C(F)(F)F)cc2)cc(-c2ccc3cccnc3c2)n1. The van der Waals surface area contributed by atoms with Gasteiger partial charge in [-0.25, -0.2) is 18.4 Å². The number of fused-ring (bicyclic) bond motifs is 1. The fourth-order valence-electron chi connectivity index (χ4n) is 2.92. The molecule has 0 spiro atoms. The first-order chi connectivity index (χ1) is 14.6. The highest BCUT2D eigenvalue weighted by Gasteiger charge is 2.30. The highest BCUT2D eigenvalue weighted by atomic mass is 32.2. The molecule has 0 radical (unpaired) electrons. The zero-order chi connectivity index (χ0) is 22.2. The summed E-state index contributed by atoms with van der Waals surface area (Å²) in [7, 11) is -3.74. The normalized spacial score (nSPS) is 12.1. The maximum absolute atomic E-state index is 12.8. The Labute approximate surface area is 175 Å². The summed E-state index contributed by atoms with van der Waals surface area (Å²) < 4.78 is 62.5. The van der Waals surface area contributed by atoms with Gasteiger partial charge in [-0.1, -0.05) is 18.2 Å². The van der Waals surface area contributed by atoms with E-state index in [4.69, 9.17) is 0 Å². The van der Waals surface area contributed by atoms with Crippen molar-refractivity contribution in [2.24, 2.45) is 0 Å². The molecular weight excluding hydrogens is 429 g/mol. The quantitative estimate of drug-likeness (QED) is 0.453. The number of aromatic nitrogens is 3. The van der Waals surface area contributed by atoms with Gasteiger partial charge in [-0.3, -0.25) is 4.98 Å². The number of hydrogen-bond acceptors (Lipinski definition) is 6. The molecule has 2 aromatic carbocycles. The van der Waals surface area contributed by atoms with Crippen LogP contribution < -0.4 is 5.32 Å². The molecule has 158 valence electrons. The predicted molar refractivity (Wildman–Crippen MR) is 111 cm³/mol. The van der Waals surface area contributed by atoms with Crippen molar-refractivity contribution in [3.8, 4) is 11.3 Å². The van der Waals surface area contributed by atoms with Gasteiger partial charge in [0.2, 0.25) is 15.0 Å². The average molecular weight is 444 g/mol. The fraction of sp³-hybridized carbons (Fsp3) is 0.0952. The van der Waals surface area contributed by atoms with E-state index in [1.54, 1.807) is 24.4 Å². The molecule has 2 aromatic heterocycles. The number of halogens is 3. The van der Waals surface area contributed by atoms with E-state index in [2.05, 4.69) is 20.3 Å². The van der Waals surface area contributed by atoms with E-state index < -0.39 is 26.7 Å². The van der Waals surface area contributed by atoms with Crippen molar-refractivity contribution in [3.05, 3.63) is 72.4 Å². The molecule has 2 heterocycles. The standard InChI is InChI=1S/C21H15F3N4O2S/c1-31(29,30)20-27-18(14-5-4-13-3-2-10-25-17(13)11-14)12-19(28-20)26-16-8-6-15(7-9-16)21(22,23)24/h2-12H,1H3,(H,26,27,28). The Bertz CT molecular complexity index is 1370. The minimum Gasteiger partial charge on any atom is -0.340 e. The molecule has 0 aliphatic heterocycles. The molecule has 0 saturated heterocycles. The van der Waals surface area contributed by atoms with Gasteiger partial charge in [-0.2, -0.15) is 13.2 Å². The van der Waals surface area contributed by atoms with Crippen LogP contribution in [-0.2, 0) is 16.0 Å². The molecule has 0 aliphatic carbocycles. The molecule has 0 bridgehead atoms. The Morgan fingerprint density at radius 2 is 1.68 bits per heavy atom. The number of pyridine rings is 1. The first-order valence-electron chi connectivity index (χ1n) is 8.98. The third-order valence-electron chi connectivity index (χ3n) is 4.42. The summed E-state index contributed by atoms with van der Waals surface area (Å²) in [5.41, 5.74) is 1.18. The smallest absolute Gasteiger partial charge is 0.340 e. The lowest BCUT2D eigenvalue weighted by molar-refractivity contribution is -0.137. The van der Waals surface area contributed by atoms with Crippen molar-refractivity contribution in [1.29, 1.82) is 0 Å². The van der Waals surface area contributed by atoms with Crippen LogP contribution >= 0.6 is 0 Å². The molecule has 0 saturated carbocycles. The maximum Gasteiger partial charge on any atom is 0.416 e. The number of benzene rings is 2. The van der Waals surface area contributed by atoms with Gasteiger partial charge in [0.05, 0.1) is 16.8 Å². The predicted octanol–water partition coefficient (Wildman–Crippen LogP) is 4.86. The number of sulfone groups is 1. The zero-order valence-electron chi connectivity index (χ0n) is 16.1. The molecule has 0 aliphatic rings. The maximum atomic E-state index is 12.8. The van der Waals surface area contributed by atoms with Gasteiger partial charge >= 0.3 is 6.18 Å². The molecule has 1 N–H and O–H groups in total. The highest BCUT2D eigenvalue weighted by molar-refractivity contribution is 7.90. The van der Waals surface area contributed by atoms with Crippen molar-refractivity contribution in [1.82, 2.24) is 15.0 Å². The molecule has 0 amide bonds. The summed E-state index contributed by atoms with van der Waals surface area (Å²) in [6.45, 7) is 0. The van der Waals surface area contributed by atoms with Gasteiger partial charge in [0, 0.05) is 35.2 Å². The Balaban J connectivity index is 1.76. The molecular formula is C21H15F3N4O2S. The van der Waals surface area contributed by atoms with Crippen LogP contribution in [-0.4, -0.2) is 29.6 Å². The second kappa shape index (κ2) is 7.62. The van der Waals surface area contributed by atoms with Gasteiger partial charge in [0.25, 0.3) is 0 Å². The first kappa shape index (κ1) is 20.7. The van der Waals surface area contributed by atoms with Crippen LogP contribution in [0.4, 0.5) is 24.7 Å². The second-order valence-electron chi connectivity index (χ2n) is 6.80. The summed E-state index contributed by atoms with van der Waals surface area (Å²) >= 11 is 0. The number of nitrogens with one attached hydrogen (secondary N) is 1. The van der Waals surface area contributed by atoms with Crippen molar-refractivity contribution < 1.29 is 21.6 Å². The van der Waals surface area contributed by atoms with Crippen LogP contribution in [0.25, 0.3) is 22.2 Å². The van der Waals surface area contributed by atoms with Crippen LogP contribution in [0.2, 0.25) is 0 Å². The Morgan fingerprint density at radius 1 is 0.935 bits per heavy atom. The lowest BCUT2D eigenvalue weighted by Crippen LogP contribution is -2.08. The Kier molecular flexibility index (Phi) is 5.10. The average Bonchev–Trinajstić information content (AvgIpc) is 2.72. The lowest BCUT2D eigenvalue weighted by atomic mass is 10.1. The lowest BCUT2D eigenvalue weighted by Gasteiger charge is -2.11. The summed E-state index contributed by atoms with van der Waals surface area (Å²) in [5, 5.41) is 3.35. The Morgan fingerprint density at radius 3 is 2.35 bits per heavy atom. The molecule has 4 aromatic rings. The topological polar surface area (TPSA) is 84.8 Å². The number of hydrogen-bond donors (Lipinski definition) is 1. The minimum absolute atomic E-state index is 0.131. The monoisotopic (exact) mass is 444 g/mol. The summed E-state index contributed by atoms with van der Waals surface area (Å²) in [6, 6.07) is 14.9. The van der Waals surface area contributed by atoms with Crippen LogP contribution in [0.3, 0.4) is 0 Å². The van der Waals surface area contributed by atoms with E-state index >= 15 is 0 Å². The number of rotatable bonds is 4. The molecule has 31 heavy (non-hydrogen) atoms. The van der Waals surface area contributed by atoms with E-state index in [9.17, 15) is 21.6 Å². The van der Waals surface area contributed by atoms with Gasteiger partial charge in [-0.05, 0) is 36.4 Å². The Hall–Kier alpha value is -3.53. The van der Waals surface area contributed by atoms with E-state index in [-0.39, 0.29) is 5.82 Å². The molecule has 0 unspecified atom stereocenters. The first-order valence-corrected chi connectivity index (χ1v) is 10.9. The summed E-state index contributed by atoms with van der Waals surface area (Å²) in [6.07, 6.45) is -1.82. The third kappa shape index (κ3) is 4.64. The number of alkyl halides is 3. The van der Waals surface area contributed by atoms with Crippen molar-refractivity contribution in [2.75, 3.05) is 11.6 Å². The van der Waals surface area contributed by atoms with Gasteiger partial charge in [0.15, 0.2) is 0 Å². The van der Waals surface area contributed by atoms with E-state index in [1.165, 1.54) is 18.2 Å². The summed E-state index contributed by atoms with van der Waals surface area (Å²) in [4.78, 5) is 12.5. The van der Waals surface area contributed by atoms with Crippen molar-refractivity contribution >= 4 is 32.2 Å². The van der Waals surface area contributed by atoms with Gasteiger partial charge < -0.3 is 5.32 Å². The minimum atomic E-state index is -4.45. The molecule has 4 rings (SSSR count). The van der Waals surface area contributed by atoms with Crippen LogP contribution in [0.1, 0.15) is 5.56 Å². The van der Waals surface area contributed by atoms with Crippen LogP contribution in [0, 0.1) is 0 Å². The van der Waals surface area contributed by atoms with Crippen molar-refractivity contribution in [3.63, 3.8) is 0 Å². The van der Waals surface area contributed by atoms with Gasteiger partial charge in [-0.15, -0.1) is 0 Å².